The van der Waals surface area contributed by atoms with E-state index in [9.17, 15) is 9.59 Å². The van der Waals surface area contributed by atoms with Gasteiger partial charge in [0.15, 0.2) is 0 Å². The molecular weight excluding hydrogens is 196 g/mol. The lowest BCUT2D eigenvalue weighted by atomic mass is 10.2. The van der Waals surface area contributed by atoms with Crippen molar-refractivity contribution in [3.05, 3.63) is 0 Å². The second kappa shape index (κ2) is 8.08. The van der Waals surface area contributed by atoms with E-state index < -0.39 is 5.97 Å². The van der Waals surface area contributed by atoms with E-state index in [4.69, 9.17) is 5.11 Å². The average molecular weight is 216 g/mol. The zero-order valence-electron chi connectivity index (χ0n) is 9.38. The summed E-state index contributed by atoms with van der Waals surface area (Å²) in [5.74, 6) is -0.837. The normalized spacial score (nSPS) is 11.9. The van der Waals surface area contributed by atoms with Crippen LogP contribution in [0.2, 0.25) is 0 Å². The molecule has 1 unspecified atom stereocenters. The Hall–Kier alpha value is -1.26. The van der Waals surface area contributed by atoms with E-state index in [0.717, 1.165) is 12.8 Å². The Balaban J connectivity index is 3.44. The topological polar surface area (TPSA) is 78.4 Å². The van der Waals surface area contributed by atoms with E-state index in [1.54, 1.807) is 0 Å². The standard InChI is InChI=1S/C10H20N2O3/c1-3-5-8(2)12-10(15)11-7-4-6-9(13)14/h8H,3-7H2,1-2H3,(H,13,14)(H2,11,12,15). The summed E-state index contributed by atoms with van der Waals surface area (Å²) in [5, 5.41) is 13.8. The molecular formula is C10H20N2O3. The Morgan fingerprint density at radius 1 is 1.40 bits per heavy atom. The van der Waals surface area contributed by atoms with Crippen molar-refractivity contribution in [2.45, 2.75) is 45.6 Å². The van der Waals surface area contributed by atoms with Crippen LogP contribution in [-0.2, 0) is 4.79 Å². The molecule has 3 N–H and O–H groups in total. The van der Waals surface area contributed by atoms with E-state index in [1.807, 2.05) is 6.92 Å². The van der Waals surface area contributed by atoms with Crippen molar-refractivity contribution < 1.29 is 14.7 Å². The summed E-state index contributed by atoms with van der Waals surface area (Å²) in [6.45, 7) is 4.40. The third-order valence-corrected chi connectivity index (χ3v) is 1.95. The van der Waals surface area contributed by atoms with Crippen molar-refractivity contribution in [1.82, 2.24) is 10.6 Å². The number of aliphatic carboxylic acids is 1. The van der Waals surface area contributed by atoms with Crippen molar-refractivity contribution in [1.29, 1.82) is 0 Å². The van der Waals surface area contributed by atoms with Gasteiger partial charge in [0, 0.05) is 19.0 Å². The highest BCUT2D eigenvalue weighted by Crippen LogP contribution is 1.94. The fourth-order valence-electron chi connectivity index (χ4n) is 1.22. The minimum Gasteiger partial charge on any atom is -0.481 e. The van der Waals surface area contributed by atoms with Crippen LogP contribution in [0.25, 0.3) is 0 Å². The molecule has 0 aromatic heterocycles. The summed E-state index contributed by atoms with van der Waals surface area (Å²) in [6.07, 6.45) is 2.53. The molecule has 88 valence electrons. The van der Waals surface area contributed by atoms with Crippen molar-refractivity contribution in [3.8, 4) is 0 Å². The van der Waals surface area contributed by atoms with E-state index >= 15 is 0 Å². The second-order valence-corrected chi connectivity index (χ2v) is 3.59. The maximum absolute atomic E-state index is 11.2. The Bertz CT molecular complexity index is 207. The van der Waals surface area contributed by atoms with Gasteiger partial charge in [-0.25, -0.2) is 4.79 Å². The van der Waals surface area contributed by atoms with Crippen molar-refractivity contribution >= 4 is 12.0 Å². The quantitative estimate of drug-likeness (QED) is 0.562. The Morgan fingerprint density at radius 3 is 2.60 bits per heavy atom. The largest absolute Gasteiger partial charge is 0.481 e. The number of amides is 2. The number of rotatable bonds is 7. The predicted molar refractivity (Wildman–Crippen MR) is 57.8 cm³/mol. The lowest BCUT2D eigenvalue weighted by Gasteiger charge is -2.13. The number of carboxylic acids is 1. The molecule has 0 aliphatic rings. The molecule has 0 fully saturated rings. The van der Waals surface area contributed by atoms with E-state index in [0.29, 0.717) is 13.0 Å². The van der Waals surface area contributed by atoms with Crippen LogP contribution in [0, 0.1) is 0 Å². The lowest BCUT2D eigenvalue weighted by molar-refractivity contribution is -0.137. The molecule has 0 saturated heterocycles. The number of carbonyl (C=O) groups is 2. The van der Waals surface area contributed by atoms with Crippen LogP contribution in [0.15, 0.2) is 0 Å². The van der Waals surface area contributed by atoms with Crippen molar-refractivity contribution in [3.63, 3.8) is 0 Å². The molecule has 5 heteroatoms. The maximum Gasteiger partial charge on any atom is 0.314 e. The first-order chi connectivity index (χ1) is 7.06. The van der Waals surface area contributed by atoms with Gasteiger partial charge >= 0.3 is 12.0 Å². The molecule has 5 nitrogen and oxygen atoms in total. The van der Waals surface area contributed by atoms with Gasteiger partial charge in [-0.2, -0.15) is 0 Å². The molecule has 0 aliphatic carbocycles. The van der Waals surface area contributed by atoms with Gasteiger partial charge in [-0.1, -0.05) is 13.3 Å². The SMILES string of the molecule is CCCC(C)NC(=O)NCCCC(=O)O. The van der Waals surface area contributed by atoms with Crippen LogP contribution >= 0.6 is 0 Å². The number of urea groups is 1. The highest BCUT2D eigenvalue weighted by atomic mass is 16.4. The van der Waals surface area contributed by atoms with Gasteiger partial charge in [0.2, 0.25) is 0 Å². The molecule has 1 atom stereocenters. The highest BCUT2D eigenvalue weighted by molar-refractivity contribution is 5.74. The number of nitrogens with one attached hydrogen (secondary N) is 2. The minimum absolute atomic E-state index is 0.0881. The average Bonchev–Trinajstić information content (AvgIpc) is 2.12. The fourth-order valence-corrected chi connectivity index (χ4v) is 1.22. The smallest absolute Gasteiger partial charge is 0.314 e. The van der Waals surface area contributed by atoms with Gasteiger partial charge < -0.3 is 15.7 Å². The summed E-state index contributed by atoms with van der Waals surface area (Å²) in [5.41, 5.74) is 0. The van der Waals surface area contributed by atoms with E-state index in [1.165, 1.54) is 0 Å². The molecule has 15 heavy (non-hydrogen) atoms. The fraction of sp³-hybridized carbons (Fsp3) is 0.800. The summed E-state index contributed by atoms with van der Waals surface area (Å²) in [4.78, 5) is 21.4. The molecule has 0 saturated carbocycles. The Labute approximate surface area is 90.2 Å². The third kappa shape index (κ3) is 9.05. The number of hydrogen-bond acceptors (Lipinski definition) is 2. The minimum atomic E-state index is -0.837. The van der Waals surface area contributed by atoms with E-state index in [2.05, 4.69) is 17.6 Å². The third-order valence-electron chi connectivity index (χ3n) is 1.95. The molecule has 2 amide bonds. The first kappa shape index (κ1) is 13.7. The van der Waals surface area contributed by atoms with Gasteiger partial charge in [-0.05, 0) is 19.8 Å². The van der Waals surface area contributed by atoms with Crippen LogP contribution in [-0.4, -0.2) is 29.7 Å². The molecule has 0 spiro atoms. The first-order valence-corrected chi connectivity index (χ1v) is 5.32. The van der Waals surface area contributed by atoms with Crippen LogP contribution in [0.4, 0.5) is 4.79 Å². The predicted octanol–water partition coefficient (Wildman–Crippen LogP) is 1.34. The summed E-state index contributed by atoms with van der Waals surface area (Å²) >= 11 is 0. The van der Waals surface area contributed by atoms with Gasteiger partial charge in [-0.15, -0.1) is 0 Å². The first-order valence-electron chi connectivity index (χ1n) is 5.32. The zero-order valence-corrected chi connectivity index (χ0v) is 9.38. The lowest BCUT2D eigenvalue weighted by Crippen LogP contribution is -2.41. The molecule has 0 heterocycles. The van der Waals surface area contributed by atoms with Crippen LogP contribution in [0.3, 0.4) is 0 Å². The van der Waals surface area contributed by atoms with Crippen molar-refractivity contribution in [2.75, 3.05) is 6.54 Å². The van der Waals surface area contributed by atoms with Gasteiger partial charge in [-0.3, -0.25) is 4.79 Å². The molecule has 0 bridgehead atoms. The summed E-state index contributed by atoms with van der Waals surface area (Å²) in [6, 6.07) is -0.0594. The Kier molecular flexibility index (Phi) is 7.40. The van der Waals surface area contributed by atoms with Crippen LogP contribution in [0.1, 0.15) is 39.5 Å². The molecule has 0 aliphatic heterocycles. The van der Waals surface area contributed by atoms with Gasteiger partial charge in [0.05, 0.1) is 0 Å². The summed E-state index contributed by atoms with van der Waals surface area (Å²) in [7, 11) is 0. The van der Waals surface area contributed by atoms with Crippen molar-refractivity contribution in [2.24, 2.45) is 0 Å². The second-order valence-electron chi connectivity index (χ2n) is 3.59. The van der Waals surface area contributed by atoms with Gasteiger partial charge in [0.25, 0.3) is 0 Å². The highest BCUT2D eigenvalue weighted by Gasteiger charge is 2.05. The zero-order chi connectivity index (χ0) is 11.7. The number of carboxylic acid groups (broad SMARTS) is 1. The molecule has 0 aromatic carbocycles. The number of carbonyl (C=O) groups excluding carboxylic acids is 1. The van der Waals surface area contributed by atoms with Gasteiger partial charge in [0.1, 0.15) is 0 Å². The number of hydrogen-bond donors (Lipinski definition) is 3. The van der Waals surface area contributed by atoms with Crippen LogP contribution < -0.4 is 10.6 Å². The van der Waals surface area contributed by atoms with Crippen LogP contribution in [0.5, 0.6) is 0 Å². The maximum atomic E-state index is 11.2. The van der Waals surface area contributed by atoms with E-state index in [-0.39, 0.29) is 18.5 Å². The molecule has 0 rings (SSSR count). The Morgan fingerprint density at radius 2 is 2.07 bits per heavy atom. The monoisotopic (exact) mass is 216 g/mol. The summed E-state index contributed by atoms with van der Waals surface area (Å²) < 4.78 is 0. The molecule has 0 aromatic rings. The molecule has 0 radical (unpaired) electrons.